The molecule has 0 aliphatic carbocycles. The zero-order chi connectivity index (χ0) is 17.3. The monoisotopic (exact) mass is 424 g/mol. The van der Waals surface area contributed by atoms with E-state index < -0.39 is 5.60 Å². The minimum absolute atomic E-state index is 0.268. The maximum absolute atomic E-state index is 12.5. The predicted octanol–water partition coefficient (Wildman–Crippen LogP) is 5.51. The number of nitrogens with zero attached hydrogens (tertiary/aromatic N) is 1. The van der Waals surface area contributed by atoms with Crippen molar-refractivity contribution in [1.82, 2.24) is 4.98 Å². The van der Waals surface area contributed by atoms with Crippen LogP contribution in [0.5, 0.6) is 5.75 Å². The number of nitrogens with one attached hydrogen (secondary N) is 1. The molecule has 7 heteroatoms. The molecule has 3 aromatic rings. The van der Waals surface area contributed by atoms with Gasteiger partial charge in [-0.15, -0.1) is 0 Å². The molecular weight excluding hydrogens is 412 g/mol. The maximum atomic E-state index is 12.5. The van der Waals surface area contributed by atoms with E-state index in [0.29, 0.717) is 15.9 Å². The first kappa shape index (κ1) is 17.2. The SMILES string of the molecule is CC(C)(Oc1ccc(Br)cc1)C(=O)Nc1nc2ccc(Cl)cc2s1. The van der Waals surface area contributed by atoms with E-state index >= 15 is 0 Å². The molecule has 124 valence electrons. The number of hydrogen-bond donors (Lipinski definition) is 1. The number of hydrogen-bond acceptors (Lipinski definition) is 4. The van der Waals surface area contributed by atoms with Gasteiger partial charge in [0, 0.05) is 9.50 Å². The Morgan fingerprint density at radius 2 is 1.96 bits per heavy atom. The molecule has 1 aromatic heterocycles. The number of benzene rings is 2. The van der Waals surface area contributed by atoms with Crippen LogP contribution in [-0.4, -0.2) is 16.5 Å². The molecule has 0 unspecified atom stereocenters. The molecule has 4 nitrogen and oxygen atoms in total. The second-order valence-electron chi connectivity index (χ2n) is 5.65. The lowest BCUT2D eigenvalue weighted by molar-refractivity contribution is -0.128. The molecule has 0 saturated heterocycles. The van der Waals surface area contributed by atoms with Crippen molar-refractivity contribution in [2.75, 3.05) is 5.32 Å². The van der Waals surface area contributed by atoms with Crippen molar-refractivity contribution in [1.29, 1.82) is 0 Å². The highest BCUT2D eigenvalue weighted by atomic mass is 79.9. The molecule has 0 radical (unpaired) electrons. The summed E-state index contributed by atoms with van der Waals surface area (Å²) in [5.41, 5.74) is -0.241. The number of carbonyl (C=O) groups excluding carboxylic acids is 1. The second-order valence-corrected chi connectivity index (χ2v) is 8.03. The van der Waals surface area contributed by atoms with Crippen molar-refractivity contribution < 1.29 is 9.53 Å². The van der Waals surface area contributed by atoms with Crippen LogP contribution in [0.25, 0.3) is 10.2 Å². The standard InChI is InChI=1S/C17H14BrClN2O2S/c1-17(2,23-12-6-3-10(18)4-7-12)15(22)21-16-20-13-8-5-11(19)9-14(13)24-16/h3-9H,1-2H3,(H,20,21,22). The summed E-state index contributed by atoms with van der Waals surface area (Å²) in [4.78, 5) is 16.9. The zero-order valence-electron chi connectivity index (χ0n) is 13.0. The van der Waals surface area contributed by atoms with Crippen LogP contribution in [0.4, 0.5) is 5.13 Å². The number of anilines is 1. The molecule has 0 fully saturated rings. The lowest BCUT2D eigenvalue weighted by atomic mass is 10.1. The number of amides is 1. The Hall–Kier alpha value is -1.63. The Bertz CT molecular complexity index is 893. The van der Waals surface area contributed by atoms with Gasteiger partial charge in [-0.25, -0.2) is 4.98 Å². The molecule has 1 amide bonds. The Morgan fingerprint density at radius 1 is 1.25 bits per heavy atom. The normalized spacial score (nSPS) is 11.5. The first-order valence-corrected chi connectivity index (χ1v) is 9.14. The van der Waals surface area contributed by atoms with Crippen LogP contribution in [0.3, 0.4) is 0 Å². The van der Waals surface area contributed by atoms with Gasteiger partial charge in [0.2, 0.25) is 0 Å². The van der Waals surface area contributed by atoms with Gasteiger partial charge in [0.25, 0.3) is 5.91 Å². The smallest absolute Gasteiger partial charge is 0.269 e. The molecule has 0 saturated carbocycles. The highest BCUT2D eigenvalue weighted by Crippen LogP contribution is 2.29. The predicted molar refractivity (Wildman–Crippen MR) is 102 cm³/mol. The molecule has 1 heterocycles. The Kier molecular flexibility index (Phi) is 4.80. The molecule has 0 aliphatic heterocycles. The van der Waals surface area contributed by atoms with E-state index in [1.807, 2.05) is 24.3 Å². The fourth-order valence-corrected chi connectivity index (χ4v) is 3.44. The number of aromatic nitrogens is 1. The van der Waals surface area contributed by atoms with Gasteiger partial charge < -0.3 is 4.74 Å². The highest BCUT2D eigenvalue weighted by molar-refractivity contribution is 9.10. The van der Waals surface area contributed by atoms with Crippen LogP contribution in [0.1, 0.15) is 13.8 Å². The van der Waals surface area contributed by atoms with E-state index in [4.69, 9.17) is 16.3 Å². The van der Waals surface area contributed by atoms with Crippen LogP contribution in [0.15, 0.2) is 46.9 Å². The van der Waals surface area contributed by atoms with Crippen LogP contribution in [0, 0.1) is 0 Å². The summed E-state index contributed by atoms with van der Waals surface area (Å²) in [7, 11) is 0. The molecule has 1 N–H and O–H groups in total. The summed E-state index contributed by atoms with van der Waals surface area (Å²) >= 11 is 10.7. The van der Waals surface area contributed by atoms with Gasteiger partial charge in [-0.3, -0.25) is 10.1 Å². The van der Waals surface area contributed by atoms with Crippen LogP contribution in [-0.2, 0) is 4.79 Å². The third kappa shape index (κ3) is 3.88. The average Bonchev–Trinajstić information content (AvgIpc) is 2.90. The van der Waals surface area contributed by atoms with Gasteiger partial charge in [-0.2, -0.15) is 0 Å². The van der Waals surface area contributed by atoms with Crippen molar-refractivity contribution in [3.63, 3.8) is 0 Å². The van der Waals surface area contributed by atoms with E-state index in [9.17, 15) is 4.79 Å². The van der Waals surface area contributed by atoms with E-state index in [1.54, 1.807) is 32.0 Å². The van der Waals surface area contributed by atoms with Crippen LogP contribution in [0.2, 0.25) is 5.02 Å². The first-order chi connectivity index (χ1) is 11.3. The minimum Gasteiger partial charge on any atom is -0.478 e. The summed E-state index contributed by atoms with van der Waals surface area (Å²) < 4.78 is 7.68. The first-order valence-electron chi connectivity index (χ1n) is 7.16. The topological polar surface area (TPSA) is 51.2 Å². The molecule has 0 bridgehead atoms. The molecule has 0 spiro atoms. The number of carbonyl (C=O) groups is 1. The average molecular weight is 426 g/mol. The zero-order valence-corrected chi connectivity index (χ0v) is 16.1. The van der Waals surface area contributed by atoms with Crippen molar-refractivity contribution >= 4 is 60.1 Å². The number of thiazole rings is 1. The van der Waals surface area contributed by atoms with Gasteiger partial charge in [0.15, 0.2) is 10.7 Å². The van der Waals surface area contributed by atoms with Gasteiger partial charge >= 0.3 is 0 Å². The van der Waals surface area contributed by atoms with Crippen LogP contribution < -0.4 is 10.1 Å². The highest BCUT2D eigenvalue weighted by Gasteiger charge is 2.30. The third-order valence-electron chi connectivity index (χ3n) is 3.30. The third-order valence-corrected chi connectivity index (χ3v) is 5.00. The van der Waals surface area contributed by atoms with E-state index in [-0.39, 0.29) is 5.91 Å². The maximum Gasteiger partial charge on any atom is 0.269 e. The Balaban J connectivity index is 1.75. The van der Waals surface area contributed by atoms with Crippen molar-refractivity contribution in [3.05, 3.63) is 52.0 Å². The van der Waals surface area contributed by atoms with Crippen LogP contribution >= 0.6 is 38.9 Å². The lowest BCUT2D eigenvalue weighted by Crippen LogP contribution is -2.42. The number of rotatable bonds is 4. The largest absolute Gasteiger partial charge is 0.478 e. The number of ether oxygens (including phenoxy) is 1. The minimum atomic E-state index is -1.04. The molecule has 0 atom stereocenters. The van der Waals surface area contributed by atoms with E-state index in [2.05, 4.69) is 26.2 Å². The van der Waals surface area contributed by atoms with Gasteiger partial charge in [0.05, 0.1) is 10.2 Å². The fraction of sp³-hybridized carbons (Fsp3) is 0.176. The lowest BCUT2D eigenvalue weighted by Gasteiger charge is -2.24. The molecular formula is C17H14BrClN2O2S. The fourth-order valence-electron chi connectivity index (χ4n) is 2.04. The van der Waals surface area contributed by atoms with Gasteiger partial charge in [0.1, 0.15) is 5.75 Å². The summed E-state index contributed by atoms with van der Waals surface area (Å²) in [5.74, 6) is 0.352. The summed E-state index contributed by atoms with van der Waals surface area (Å²) in [5, 5.41) is 3.97. The number of fused-ring (bicyclic) bond motifs is 1. The second kappa shape index (κ2) is 6.70. The molecule has 24 heavy (non-hydrogen) atoms. The summed E-state index contributed by atoms with van der Waals surface area (Å²) in [6.45, 7) is 3.43. The Labute approximate surface area is 156 Å². The molecule has 0 aliphatic rings. The van der Waals surface area contributed by atoms with Crippen molar-refractivity contribution in [2.24, 2.45) is 0 Å². The van der Waals surface area contributed by atoms with Gasteiger partial charge in [-0.1, -0.05) is 38.9 Å². The van der Waals surface area contributed by atoms with Gasteiger partial charge in [-0.05, 0) is 56.3 Å². The summed E-state index contributed by atoms with van der Waals surface area (Å²) in [6, 6.07) is 12.8. The van der Waals surface area contributed by atoms with Crippen molar-refractivity contribution in [3.8, 4) is 5.75 Å². The van der Waals surface area contributed by atoms with E-state index in [1.165, 1.54) is 11.3 Å². The van der Waals surface area contributed by atoms with E-state index in [0.717, 1.165) is 14.7 Å². The molecule has 2 aromatic carbocycles. The van der Waals surface area contributed by atoms with Crippen molar-refractivity contribution in [2.45, 2.75) is 19.4 Å². The Morgan fingerprint density at radius 3 is 2.67 bits per heavy atom. The number of halogens is 2. The summed E-state index contributed by atoms with van der Waals surface area (Å²) in [6.07, 6.45) is 0. The molecule has 3 rings (SSSR count). The quantitative estimate of drug-likeness (QED) is 0.600.